The zero-order chi connectivity index (χ0) is 23.3. The first-order valence-corrected chi connectivity index (χ1v) is 11.6. The average molecular weight is 450 g/mol. The number of amides is 2. The van der Waals surface area contributed by atoms with E-state index in [-0.39, 0.29) is 12.1 Å². The molecule has 0 aliphatic carbocycles. The number of hydrogen-bond acceptors (Lipinski definition) is 4. The van der Waals surface area contributed by atoms with Crippen molar-refractivity contribution in [3.63, 3.8) is 0 Å². The normalized spacial score (nSPS) is 12.2. The highest BCUT2D eigenvalue weighted by atomic mass is 32.2. The first kappa shape index (κ1) is 24.3. The van der Waals surface area contributed by atoms with Gasteiger partial charge in [-0.2, -0.15) is 0 Å². The number of sulfonamides is 1. The standard InChI is InChI=1S/C22H28FN3O4S/c1-15-9-8-12-20(16(15)2)26(31(5,29)30)14-21(27)25(17(3)22(28)24-4)13-18-10-6-7-11-19(18)23/h6-12,17H,13-14H2,1-5H3,(H,24,28)/t17-/m1/s1. The number of benzene rings is 2. The van der Waals surface area contributed by atoms with Gasteiger partial charge in [0, 0.05) is 19.2 Å². The molecule has 0 heterocycles. The molecule has 2 aromatic carbocycles. The lowest BCUT2D eigenvalue weighted by atomic mass is 10.1. The van der Waals surface area contributed by atoms with Crippen LogP contribution in [0.15, 0.2) is 42.5 Å². The molecule has 2 aromatic rings. The van der Waals surface area contributed by atoms with Gasteiger partial charge in [0.2, 0.25) is 21.8 Å². The molecule has 0 saturated carbocycles. The SMILES string of the molecule is CNC(=O)[C@@H](C)N(Cc1ccccc1F)C(=O)CN(c1cccc(C)c1C)S(C)(=O)=O. The number of likely N-dealkylation sites (N-methyl/N-ethyl adjacent to an activating group) is 1. The lowest BCUT2D eigenvalue weighted by Crippen LogP contribution is -2.50. The van der Waals surface area contributed by atoms with Gasteiger partial charge >= 0.3 is 0 Å². The molecule has 31 heavy (non-hydrogen) atoms. The van der Waals surface area contributed by atoms with E-state index >= 15 is 0 Å². The second-order valence-electron chi connectivity index (χ2n) is 7.39. The molecule has 0 spiro atoms. The van der Waals surface area contributed by atoms with E-state index in [1.807, 2.05) is 13.0 Å². The van der Waals surface area contributed by atoms with Crippen LogP contribution in [0.3, 0.4) is 0 Å². The van der Waals surface area contributed by atoms with Gasteiger partial charge in [-0.1, -0.05) is 30.3 Å². The van der Waals surface area contributed by atoms with E-state index in [9.17, 15) is 22.4 Å². The van der Waals surface area contributed by atoms with Gasteiger partial charge in [0.1, 0.15) is 18.4 Å². The zero-order valence-corrected chi connectivity index (χ0v) is 19.2. The molecule has 0 fully saturated rings. The summed E-state index contributed by atoms with van der Waals surface area (Å²) >= 11 is 0. The van der Waals surface area contributed by atoms with E-state index in [1.165, 1.54) is 37.1 Å². The maximum atomic E-state index is 14.2. The molecule has 0 unspecified atom stereocenters. The van der Waals surface area contributed by atoms with Crippen molar-refractivity contribution in [1.82, 2.24) is 10.2 Å². The van der Waals surface area contributed by atoms with Crippen LogP contribution in [0.4, 0.5) is 10.1 Å². The molecule has 9 heteroatoms. The zero-order valence-electron chi connectivity index (χ0n) is 18.3. The van der Waals surface area contributed by atoms with E-state index in [2.05, 4.69) is 5.32 Å². The van der Waals surface area contributed by atoms with Crippen molar-refractivity contribution in [2.45, 2.75) is 33.4 Å². The van der Waals surface area contributed by atoms with Crippen molar-refractivity contribution in [2.24, 2.45) is 0 Å². The topological polar surface area (TPSA) is 86.8 Å². The summed E-state index contributed by atoms with van der Waals surface area (Å²) in [7, 11) is -2.37. The molecule has 0 aliphatic rings. The maximum absolute atomic E-state index is 14.2. The molecule has 1 N–H and O–H groups in total. The number of carbonyl (C=O) groups excluding carboxylic acids is 2. The third-order valence-corrected chi connectivity index (χ3v) is 6.36. The van der Waals surface area contributed by atoms with Crippen LogP contribution < -0.4 is 9.62 Å². The summed E-state index contributed by atoms with van der Waals surface area (Å²) in [5.74, 6) is -1.58. The Balaban J connectivity index is 2.45. The molecule has 0 bridgehead atoms. The summed E-state index contributed by atoms with van der Waals surface area (Å²) in [6.07, 6.45) is 1.02. The molecular formula is C22H28FN3O4S. The molecule has 1 atom stereocenters. The van der Waals surface area contributed by atoms with Crippen molar-refractivity contribution in [1.29, 1.82) is 0 Å². The summed E-state index contributed by atoms with van der Waals surface area (Å²) in [4.78, 5) is 26.7. The predicted molar refractivity (Wildman–Crippen MR) is 119 cm³/mol. The second kappa shape index (κ2) is 9.91. The van der Waals surface area contributed by atoms with Gasteiger partial charge in [-0.05, 0) is 44.0 Å². The lowest BCUT2D eigenvalue weighted by molar-refractivity contribution is -0.139. The monoisotopic (exact) mass is 449 g/mol. The fraction of sp³-hybridized carbons (Fsp3) is 0.364. The summed E-state index contributed by atoms with van der Waals surface area (Å²) < 4.78 is 40.3. The Morgan fingerprint density at radius 1 is 1.10 bits per heavy atom. The Hall–Kier alpha value is -2.94. The number of halogens is 1. The number of carbonyl (C=O) groups is 2. The Bertz CT molecular complexity index is 1070. The van der Waals surface area contributed by atoms with Crippen LogP contribution in [0.25, 0.3) is 0 Å². The fourth-order valence-electron chi connectivity index (χ4n) is 3.20. The smallest absolute Gasteiger partial charge is 0.244 e. The summed E-state index contributed by atoms with van der Waals surface area (Å²) in [6.45, 7) is 4.44. The summed E-state index contributed by atoms with van der Waals surface area (Å²) in [5, 5.41) is 2.47. The predicted octanol–water partition coefficient (Wildman–Crippen LogP) is 2.37. The van der Waals surface area contributed by atoms with Crippen molar-refractivity contribution < 1.29 is 22.4 Å². The Morgan fingerprint density at radius 3 is 2.32 bits per heavy atom. The fourth-order valence-corrected chi connectivity index (χ4v) is 4.10. The minimum Gasteiger partial charge on any atom is -0.357 e. The Morgan fingerprint density at radius 2 is 1.74 bits per heavy atom. The van der Waals surface area contributed by atoms with Crippen LogP contribution in [-0.4, -0.2) is 51.0 Å². The van der Waals surface area contributed by atoms with Crippen molar-refractivity contribution in [2.75, 3.05) is 24.2 Å². The second-order valence-corrected chi connectivity index (χ2v) is 9.30. The van der Waals surface area contributed by atoms with Crippen molar-refractivity contribution in [3.05, 3.63) is 65.0 Å². The molecule has 2 amide bonds. The number of hydrogen-bond donors (Lipinski definition) is 1. The first-order valence-electron chi connectivity index (χ1n) is 9.75. The van der Waals surface area contributed by atoms with Gasteiger partial charge in [0.15, 0.2) is 0 Å². The lowest BCUT2D eigenvalue weighted by Gasteiger charge is -2.31. The Kier molecular flexibility index (Phi) is 7.78. The summed E-state index contributed by atoms with van der Waals surface area (Å²) in [6, 6.07) is 10.2. The highest BCUT2D eigenvalue weighted by Gasteiger charge is 2.30. The molecule has 0 aliphatic heterocycles. The third-order valence-electron chi connectivity index (χ3n) is 5.24. The van der Waals surface area contributed by atoms with Gasteiger partial charge in [0.25, 0.3) is 0 Å². The summed E-state index contributed by atoms with van der Waals surface area (Å²) in [5.41, 5.74) is 2.21. The number of rotatable bonds is 8. The van der Waals surface area contributed by atoms with Crippen LogP contribution in [0.2, 0.25) is 0 Å². The van der Waals surface area contributed by atoms with Crippen LogP contribution >= 0.6 is 0 Å². The number of anilines is 1. The Labute approximate surface area is 182 Å². The van der Waals surface area contributed by atoms with Gasteiger partial charge in [0.05, 0.1) is 11.9 Å². The van der Waals surface area contributed by atoms with Crippen molar-refractivity contribution in [3.8, 4) is 0 Å². The maximum Gasteiger partial charge on any atom is 0.244 e. The average Bonchev–Trinajstić information content (AvgIpc) is 2.71. The molecule has 2 rings (SSSR count). The van der Waals surface area contributed by atoms with E-state index in [1.54, 1.807) is 25.1 Å². The van der Waals surface area contributed by atoms with Gasteiger partial charge < -0.3 is 10.2 Å². The minimum atomic E-state index is -3.81. The van der Waals surface area contributed by atoms with E-state index in [0.29, 0.717) is 5.69 Å². The van der Waals surface area contributed by atoms with Crippen LogP contribution in [0.5, 0.6) is 0 Å². The van der Waals surface area contributed by atoms with Gasteiger partial charge in [-0.3, -0.25) is 13.9 Å². The van der Waals surface area contributed by atoms with Crippen LogP contribution in [0, 0.1) is 19.7 Å². The molecule has 0 aromatic heterocycles. The van der Waals surface area contributed by atoms with E-state index in [0.717, 1.165) is 21.7 Å². The molecule has 0 radical (unpaired) electrons. The van der Waals surface area contributed by atoms with Crippen LogP contribution in [0.1, 0.15) is 23.6 Å². The van der Waals surface area contributed by atoms with E-state index in [4.69, 9.17) is 0 Å². The number of nitrogens with one attached hydrogen (secondary N) is 1. The molecular weight excluding hydrogens is 421 g/mol. The van der Waals surface area contributed by atoms with Crippen LogP contribution in [-0.2, 0) is 26.2 Å². The quantitative estimate of drug-likeness (QED) is 0.670. The first-order chi connectivity index (χ1) is 14.5. The number of aryl methyl sites for hydroxylation is 1. The third kappa shape index (κ3) is 5.81. The van der Waals surface area contributed by atoms with Gasteiger partial charge in [-0.15, -0.1) is 0 Å². The minimum absolute atomic E-state index is 0.176. The van der Waals surface area contributed by atoms with Gasteiger partial charge in [-0.25, -0.2) is 12.8 Å². The molecule has 168 valence electrons. The highest BCUT2D eigenvalue weighted by Crippen LogP contribution is 2.25. The molecule has 7 nitrogen and oxygen atoms in total. The highest BCUT2D eigenvalue weighted by molar-refractivity contribution is 7.92. The molecule has 0 saturated heterocycles. The van der Waals surface area contributed by atoms with E-state index < -0.39 is 40.2 Å². The van der Waals surface area contributed by atoms with Crippen molar-refractivity contribution >= 4 is 27.5 Å². The largest absolute Gasteiger partial charge is 0.357 e. The number of nitrogens with zero attached hydrogens (tertiary/aromatic N) is 2.